The summed E-state index contributed by atoms with van der Waals surface area (Å²) in [6.07, 6.45) is 4.92. The van der Waals surface area contributed by atoms with Crippen molar-refractivity contribution in [3.8, 4) is 11.5 Å². The molecule has 1 aromatic heterocycles. The number of ether oxygens (including phenoxy) is 2. The van der Waals surface area contributed by atoms with Crippen LogP contribution in [0.3, 0.4) is 0 Å². The first-order chi connectivity index (χ1) is 15.5. The number of aromatic hydroxyl groups is 1. The predicted octanol–water partition coefficient (Wildman–Crippen LogP) is 3.99. The molecular formula is C25H26N2O5. The van der Waals surface area contributed by atoms with Gasteiger partial charge in [-0.25, -0.2) is 4.98 Å². The van der Waals surface area contributed by atoms with Gasteiger partial charge in [-0.15, -0.1) is 0 Å². The second kappa shape index (κ2) is 7.97. The van der Waals surface area contributed by atoms with Gasteiger partial charge in [0.15, 0.2) is 23.0 Å². The number of aromatic nitrogens is 1. The number of anilines is 1. The van der Waals surface area contributed by atoms with Crippen molar-refractivity contribution < 1.29 is 24.2 Å². The summed E-state index contributed by atoms with van der Waals surface area (Å²) in [7, 11) is 0. The monoisotopic (exact) mass is 434 g/mol. The van der Waals surface area contributed by atoms with E-state index >= 15 is 0 Å². The molecule has 0 radical (unpaired) electrons. The number of fused-ring (bicyclic) bond motifs is 1. The van der Waals surface area contributed by atoms with Crippen molar-refractivity contribution >= 4 is 17.5 Å². The molecule has 166 valence electrons. The molecule has 7 heteroatoms. The van der Waals surface area contributed by atoms with Crippen LogP contribution in [0.1, 0.15) is 49.8 Å². The SMILES string of the molecule is CCOc1cc(C2C3=C(OC4CCCCC4C3=O)C(=O)N2c2cc(C)ccn2)ccc1O. The van der Waals surface area contributed by atoms with E-state index in [1.807, 2.05) is 26.0 Å². The zero-order chi connectivity index (χ0) is 22.4. The van der Waals surface area contributed by atoms with Gasteiger partial charge in [-0.1, -0.05) is 12.5 Å². The quantitative estimate of drug-likeness (QED) is 0.783. The number of amides is 1. The first-order valence-corrected chi connectivity index (χ1v) is 11.2. The van der Waals surface area contributed by atoms with E-state index < -0.39 is 6.04 Å². The second-order valence-electron chi connectivity index (χ2n) is 8.58. The Balaban J connectivity index is 1.67. The van der Waals surface area contributed by atoms with Crippen LogP contribution < -0.4 is 9.64 Å². The highest BCUT2D eigenvalue weighted by atomic mass is 16.5. The highest BCUT2D eigenvalue weighted by Crippen LogP contribution is 2.48. The fourth-order valence-corrected chi connectivity index (χ4v) is 5.02. The number of nitrogens with zero attached hydrogens (tertiary/aromatic N) is 2. The van der Waals surface area contributed by atoms with Crippen LogP contribution in [0.2, 0.25) is 0 Å². The van der Waals surface area contributed by atoms with E-state index in [-0.39, 0.29) is 35.2 Å². The number of rotatable bonds is 4. The van der Waals surface area contributed by atoms with Gasteiger partial charge >= 0.3 is 0 Å². The van der Waals surface area contributed by atoms with Crippen LogP contribution in [0.25, 0.3) is 0 Å². The van der Waals surface area contributed by atoms with Crippen LogP contribution in [-0.2, 0) is 14.3 Å². The second-order valence-corrected chi connectivity index (χ2v) is 8.58. The minimum Gasteiger partial charge on any atom is -0.504 e. The molecule has 32 heavy (non-hydrogen) atoms. The summed E-state index contributed by atoms with van der Waals surface area (Å²) < 4.78 is 11.8. The Kier molecular flexibility index (Phi) is 5.12. The third-order valence-electron chi connectivity index (χ3n) is 6.51. The number of hydrogen-bond donors (Lipinski definition) is 1. The molecule has 1 fully saturated rings. The Morgan fingerprint density at radius 1 is 1.19 bits per heavy atom. The summed E-state index contributed by atoms with van der Waals surface area (Å²) >= 11 is 0. The lowest BCUT2D eigenvalue weighted by molar-refractivity contribution is -0.131. The Morgan fingerprint density at radius 3 is 2.78 bits per heavy atom. The molecule has 2 aromatic rings. The van der Waals surface area contributed by atoms with Crippen molar-refractivity contribution in [3.05, 3.63) is 59.0 Å². The van der Waals surface area contributed by atoms with Gasteiger partial charge in [-0.2, -0.15) is 0 Å². The fraction of sp³-hybridized carbons (Fsp3) is 0.400. The van der Waals surface area contributed by atoms with Crippen LogP contribution in [0.15, 0.2) is 47.9 Å². The molecule has 3 atom stereocenters. The van der Waals surface area contributed by atoms with Crippen LogP contribution in [0.4, 0.5) is 5.82 Å². The van der Waals surface area contributed by atoms with Gasteiger partial charge in [0.05, 0.1) is 24.1 Å². The van der Waals surface area contributed by atoms with Gasteiger partial charge in [0.2, 0.25) is 0 Å². The average molecular weight is 434 g/mol. The van der Waals surface area contributed by atoms with Crippen molar-refractivity contribution in [2.24, 2.45) is 5.92 Å². The van der Waals surface area contributed by atoms with Gasteiger partial charge < -0.3 is 14.6 Å². The predicted molar refractivity (Wildman–Crippen MR) is 117 cm³/mol. The Bertz CT molecular complexity index is 1130. The van der Waals surface area contributed by atoms with Gasteiger partial charge in [0.25, 0.3) is 5.91 Å². The zero-order valence-corrected chi connectivity index (χ0v) is 18.2. The average Bonchev–Trinajstić information content (AvgIpc) is 3.08. The molecule has 3 heterocycles. The van der Waals surface area contributed by atoms with Gasteiger partial charge in [0, 0.05) is 6.20 Å². The number of benzene rings is 1. The number of aryl methyl sites for hydroxylation is 1. The summed E-state index contributed by atoms with van der Waals surface area (Å²) in [4.78, 5) is 33.2. The van der Waals surface area contributed by atoms with Gasteiger partial charge in [-0.05, 0) is 68.5 Å². The third-order valence-corrected chi connectivity index (χ3v) is 6.51. The maximum atomic E-state index is 13.7. The number of carbonyl (C=O) groups excluding carboxylic acids is 2. The van der Waals surface area contributed by atoms with Crippen LogP contribution in [0, 0.1) is 12.8 Å². The normalized spacial score (nSPS) is 24.8. The largest absolute Gasteiger partial charge is 0.504 e. The lowest BCUT2D eigenvalue weighted by Gasteiger charge is -2.35. The van der Waals surface area contributed by atoms with E-state index in [0.29, 0.717) is 29.3 Å². The molecule has 7 nitrogen and oxygen atoms in total. The number of phenols is 1. The molecule has 1 aliphatic carbocycles. The van der Waals surface area contributed by atoms with Crippen LogP contribution in [-0.4, -0.2) is 34.5 Å². The summed E-state index contributed by atoms with van der Waals surface area (Å²) in [5.74, 6) is 0.308. The molecule has 3 aliphatic rings. The molecule has 1 saturated carbocycles. The van der Waals surface area contributed by atoms with E-state index in [0.717, 1.165) is 31.2 Å². The van der Waals surface area contributed by atoms with E-state index in [1.165, 1.54) is 11.0 Å². The summed E-state index contributed by atoms with van der Waals surface area (Å²) in [6.45, 7) is 4.14. The van der Waals surface area contributed by atoms with E-state index in [2.05, 4.69) is 4.98 Å². The molecule has 1 N–H and O–H groups in total. The maximum Gasteiger partial charge on any atom is 0.295 e. The van der Waals surface area contributed by atoms with Gasteiger partial charge in [-0.3, -0.25) is 14.5 Å². The highest BCUT2D eigenvalue weighted by molar-refractivity contribution is 6.17. The zero-order valence-electron chi connectivity index (χ0n) is 18.2. The van der Waals surface area contributed by atoms with E-state index in [4.69, 9.17) is 9.47 Å². The molecule has 5 rings (SSSR count). The van der Waals surface area contributed by atoms with Crippen molar-refractivity contribution in [2.75, 3.05) is 11.5 Å². The number of Topliss-reactive ketones (excluding diaryl/α,β-unsaturated/α-hetero) is 1. The number of ketones is 1. The highest BCUT2D eigenvalue weighted by Gasteiger charge is 2.52. The van der Waals surface area contributed by atoms with E-state index in [1.54, 1.807) is 18.3 Å². The molecule has 0 spiro atoms. The first kappa shape index (κ1) is 20.5. The number of pyridine rings is 1. The minimum absolute atomic E-state index is 0.00734. The standard InChI is InChI=1S/C25H26N2O5/c1-3-31-19-13-15(8-9-17(19)28)22-21-23(29)16-6-4-5-7-18(16)32-24(21)25(30)27(22)20-12-14(2)10-11-26-20/h8-13,16,18,22,28H,3-7H2,1-2H3. The molecule has 1 amide bonds. The summed E-state index contributed by atoms with van der Waals surface area (Å²) in [5, 5.41) is 10.2. The Labute approximate surface area is 186 Å². The molecular weight excluding hydrogens is 408 g/mol. The number of hydrogen-bond acceptors (Lipinski definition) is 6. The maximum absolute atomic E-state index is 13.7. The summed E-state index contributed by atoms with van der Waals surface area (Å²) in [6, 6.07) is 7.93. The molecule has 1 aromatic carbocycles. The van der Waals surface area contributed by atoms with E-state index in [9.17, 15) is 14.7 Å². The lowest BCUT2D eigenvalue weighted by Crippen LogP contribution is -2.39. The molecule has 0 bridgehead atoms. The molecule has 2 aliphatic heterocycles. The topological polar surface area (TPSA) is 89.0 Å². The van der Waals surface area contributed by atoms with Crippen LogP contribution >= 0.6 is 0 Å². The Morgan fingerprint density at radius 2 is 2.00 bits per heavy atom. The first-order valence-electron chi connectivity index (χ1n) is 11.2. The Hall–Kier alpha value is -3.35. The fourth-order valence-electron chi connectivity index (χ4n) is 5.02. The van der Waals surface area contributed by atoms with Crippen LogP contribution in [0.5, 0.6) is 11.5 Å². The van der Waals surface area contributed by atoms with Crippen molar-refractivity contribution in [3.63, 3.8) is 0 Å². The lowest BCUT2D eigenvalue weighted by atomic mass is 9.77. The van der Waals surface area contributed by atoms with Gasteiger partial charge in [0.1, 0.15) is 11.9 Å². The third kappa shape index (κ3) is 3.23. The molecule has 3 unspecified atom stereocenters. The number of carbonyl (C=O) groups is 2. The smallest absolute Gasteiger partial charge is 0.295 e. The minimum atomic E-state index is -0.693. The van der Waals surface area contributed by atoms with Crippen molar-refractivity contribution in [1.82, 2.24) is 4.98 Å². The summed E-state index contributed by atoms with van der Waals surface area (Å²) in [5.41, 5.74) is 2.00. The van der Waals surface area contributed by atoms with Crippen molar-refractivity contribution in [2.45, 2.75) is 51.7 Å². The van der Waals surface area contributed by atoms with Crippen molar-refractivity contribution in [1.29, 1.82) is 0 Å². The number of phenolic OH excluding ortho intramolecular Hbond substituents is 1. The molecule has 0 saturated heterocycles.